The van der Waals surface area contributed by atoms with Gasteiger partial charge in [0, 0.05) is 6.20 Å². The van der Waals surface area contributed by atoms with E-state index in [1.807, 2.05) is 18.2 Å². The minimum Gasteiger partial charge on any atom is -0.345 e. The quantitative estimate of drug-likeness (QED) is 0.754. The minimum absolute atomic E-state index is 0.0237. The number of benzene rings is 1. The second-order valence-electron chi connectivity index (χ2n) is 6.25. The fraction of sp³-hybridized carbons (Fsp3) is 0.211. The summed E-state index contributed by atoms with van der Waals surface area (Å²) >= 11 is 0. The van der Waals surface area contributed by atoms with E-state index in [0.29, 0.717) is 17.2 Å². The lowest BCUT2D eigenvalue weighted by Gasteiger charge is -2.14. The number of fused-ring (bicyclic) bond motifs is 1. The zero-order valence-corrected chi connectivity index (χ0v) is 14.2. The summed E-state index contributed by atoms with van der Waals surface area (Å²) in [6.07, 6.45) is 3.35. The van der Waals surface area contributed by atoms with E-state index >= 15 is 0 Å². The highest BCUT2D eigenvalue weighted by molar-refractivity contribution is 5.94. The number of hydrogen-bond acceptors (Lipinski definition) is 5. The number of aromatic nitrogens is 4. The molecule has 7 heteroatoms. The van der Waals surface area contributed by atoms with E-state index in [0.717, 1.165) is 18.4 Å². The number of amides is 1. The maximum atomic E-state index is 12.7. The van der Waals surface area contributed by atoms with Gasteiger partial charge in [0.1, 0.15) is 17.1 Å². The van der Waals surface area contributed by atoms with Crippen LogP contribution in [0.1, 0.15) is 39.8 Å². The van der Waals surface area contributed by atoms with Crippen LogP contribution < -0.4 is 10.9 Å². The zero-order valence-electron chi connectivity index (χ0n) is 14.2. The van der Waals surface area contributed by atoms with Crippen LogP contribution >= 0.6 is 0 Å². The number of hydrogen-bond donors (Lipinski definition) is 2. The SMILES string of the molecule is Cc1nccc(-c2cc(C(=O)NC3CCc4ccccc43)c(=O)[nH]n2)n1. The van der Waals surface area contributed by atoms with E-state index in [1.165, 1.54) is 11.6 Å². The standard InChI is InChI=1S/C19H17N5O2/c1-11-20-9-8-16(21-11)17-10-14(19(26)24-23-17)18(25)22-15-7-6-12-4-2-3-5-13(12)15/h2-5,8-10,15H,6-7H2,1H3,(H,22,25)(H,24,26). The van der Waals surface area contributed by atoms with Crippen molar-refractivity contribution in [2.24, 2.45) is 0 Å². The van der Waals surface area contributed by atoms with Gasteiger partial charge in [0.2, 0.25) is 0 Å². The lowest BCUT2D eigenvalue weighted by molar-refractivity contribution is 0.0935. The molecule has 0 saturated carbocycles. The third kappa shape index (κ3) is 2.99. The number of rotatable bonds is 3. The fourth-order valence-corrected chi connectivity index (χ4v) is 3.25. The lowest BCUT2D eigenvalue weighted by Crippen LogP contribution is -2.32. The largest absolute Gasteiger partial charge is 0.345 e. The molecule has 1 amide bonds. The van der Waals surface area contributed by atoms with Gasteiger partial charge in [0.05, 0.1) is 11.7 Å². The Bertz CT molecular complexity index is 1040. The van der Waals surface area contributed by atoms with Gasteiger partial charge < -0.3 is 5.32 Å². The Morgan fingerprint density at radius 3 is 2.92 bits per heavy atom. The molecule has 2 heterocycles. The van der Waals surface area contributed by atoms with Crippen molar-refractivity contribution in [2.75, 3.05) is 0 Å². The maximum Gasteiger partial charge on any atom is 0.277 e. The summed E-state index contributed by atoms with van der Waals surface area (Å²) in [5, 5.41) is 9.34. The number of carbonyl (C=O) groups is 1. The van der Waals surface area contributed by atoms with Crippen molar-refractivity contribution in [2.45, 2.75) is 25.8 Å². The van der Waals surface area contributed by atoms with E-state index in [4.69, 9.17) is 0 Å². The van der Waals surface area contributed by atoms with Crippen molar-refractivity contribution < 1.29 is 4.79 Å². The van der Waals surface area contributed by atoms with Crippen LogP contribution in [0.5, 0.6) is 0 Å². The molecule has 1 unspecified atom stereocenters. The van der Waals surface area contributed by atoms with Gasteiger partial charge in [-0.1, -0.05) is 24.3 Å². The Labute approximate surface area is 149 Å². The van der Waals surface area contributed by atoms with Gasteiger partial charge in [-0.3, -0.25) is 9.59 Å². The van der Waals surface area contributed by atoms with Gasteiger partial charge in [-0.15, -0.1) is 0 Å². The van der Waals surface area contributed by atoms with Crippen molar-refractivity contribution >= 4 is 5.91 Å². The molecular weight excluding hydrogens is 330 g/mol. The number of H-pyrrole nitrogens is 1. The van der Waals surface area contributed by atoms with Crippen LogP contribution in [-0.4, -0.2) is 26.1 Å². The Balaban J connectivity index is 1.62. The summed E-state index contributed by atoms with van der Waals surface area (Å²) in [6, 6.07) is 11.1. The molecule has 26 heavy (non-hydrogen) atoms. The van der Waals surface area contributed by atoms with E-state index in [2.05, 4.69) is 31.5 Å². The second kappa shape index (κ2) is 6.51. The Morgan fingerprint density at radius 2 is 2.08 bits per heavy atom. The van der Waals surface area contributed by atoms with E-state index in [-0.39, 0.29) is 11.6 Å². The summed E-state index contributed by atoms with van der Waals surface area (Å²) in [7, 11) is 0. The minimum atomic E-state index is -0.525. The van der Waals surface area contributed by atoms with E-state index < -0.39 is 11.5 Å². The number of nitrogens with one attached hydrogen (secondary N) is 2. The number of aryl methyl sites for hydroxylation is 2. The monoisotopic (exact) mass is 347 g/mol. The Kier molecular flexibility index (Phi) is 4.04. The molecule has 1 atom stereocenters. The van der Waals surface area contributed by atoms with Gasteiger partial charge in [-0.2, -0.15) is 5.10 Å². The highest BCUT2D eigenvalue weighted by atomic mass is 16.2. The van der Waals surface area contributed by atoms with E-state index in [1.54, 1.807) is 19.2 Å². The van der Waals surface area contributed by atoms with Gasteiger partial charge in [-0.25, -0.2) is 15.1 Å². The molecule has 0 aliphatic heterocycles. The first-order chi connectivity index (χ1) is 12.6. The van der Waals surface area contributed by atoms with Gasteiger partial charge in [0.15, 0.2) is 0 Å². The smallest absolute Gasteiger partial charge is 0.277 e. The molecule has 2 aromatic heterocycles. The summed E-state index contributed by atoms with van der Waals surface area (Å²) < 4.78 is 0. The number of aromatic amines is 1. The van der Waals surface area contributed by atoms with Crippen molar-refractivity contribution in [1.82, 2.24) is 25.5 Å². The summed E-state index contributed by atoms with van der Waals surface area (Å²) in [5.74, 6) is 0.173. The summed E-state index contributed by atoms with van der Waals surface area (Å²) in [4.78, 5) is 33.1. The first-order valence-corrected chi connectivity index (χ1v) is 8.40. The number of carbonyl (C=O) groups excluding carboxylic acids is 1. The van der Waals surface area contributed by atoms with Crippen LogP contribution in [0.15, 0.2) is 47.4 Å². The van der Waals surface area contributed by atoms with Gasteiger partial charge in [-0.05, 0) is 43.0 Å². The molecule has 0 fully saturated rings. The van der Waals surface area contributed by atoms with Crippen LogP contribution in [0.2, 0.25) is 0 Å². The first kappa shape index (κ1) is 16.1. The molecule has 0 spiro atoms. The molecule has 7 nitrogen and oxygen atoms in total. The normalized spacial score (nSPS) is 15.5. The first-order valence-electron chi connectivity index (χ1n) is 8.40. The summed E-state index contributed by atoms with van der Waals surface area (Å²) in [6.45, 7) is 1.76. The Hall–Kier alpha value is -3.35. The molecule has 4 rings (SSSR count). The Morgan fingerprint density at radius 1 is 1.23 bits per heavy atom. The van der Waals surface area contributed by atoms with E-state index in [9.17, 15) is 9.59 Å². The average Bonchev–Trinajstić information content (AvgIpc) is 3.05. The van der Waals surface area contributed by atoms with Crippen molar-refractivity contribution in [3.8, 4) is 11.4 Å². The molecule has 2 N–H and O–H groups in total. The van der Waals surface area contributed by atoms with Crippen LogP contribution in [0.3, 0.4) is 0 Å². The van der Waals surface area contributed by atoms with Crippen LogP contribution in [0.4, 0.5) is 0 Å². The molecule has 1 aliphatic rings. The third-order valence-electron chi connectivity index (χ3n) is 4.52. The molecule has 3 aromatic rings. The maximum absolute atomic E-state index is 12.7. The van der Waals surface area contributed by atoms with Crippen molar-refractivity contribution in [3.05, 3.63) is 75.5 Å². The highest BCUT2D eigenvalue weighted by Gasteiger charge is 2.25. The van der Waals surface area contributed by atoms with Crippen molar-refractivity contribution in [3.63, 3.8) is 0 Å². The van der Waals surface area contributed by atoms with Crippen LogP contribution in [-0.2, 0) is 6.42 Å². The molecule has 0 bridgehead atoms. The average molecular weight is 347 g/mol. The van der Waals surface area contributed by atoms with Gasteiger partial charge >= 0.3 is 0 Å². The van der Waals surface area contributed by atoms with Crippen LogP contribution in [0, 0.1) is 6.92 Å². The molecule has 0 radical (unpaired) electrons. The van der Waals surface area contributed by atoms with Gasteiger partial charge in [0.25, 0.3) is 11.5 Å². The highest BCUT2D eigenvalue weighted by Crippen LogP contribution is 2.30. The number of nitrogens with zero attached hydrogens (tertiary/aromatic N) is 3. The summed E-state index contributed by atoms with van der Waals surface area (Å²) in [5.41, 5.74) is 2.82. The predicted molar refractivity (Wildman–Crippen MR) is 95.6 cm³/mol. The molecule has 130 valence electrons. The molecular formula is C19H17N5O2. The second-order valence-corrected chi connectivity index (χ2v) is 6.25. The van der Waals surface area contributed by atoms with Crippen LogP contribution in [0.25, 0.3) is 11.4 Å². The predicted octanol–water partition coefficient (Wildman–Crippen LogP) is 1.95. The molecule has 0 saturated heterocycles. The molecule has 1 aliphatic carbocycles. The van der Waals surface area contributed by atoms with Crippen molar-refractivity contribution in [1.29, 1.82) is 0 Å². The lowest BCUT2D eigenvalue weighted by atomic mass is 10.1. The fourth-order valence-electron chi connectivity index (χ4n) is 3.25. The molecule has 1 aromatic carbocycles. The zero-order chi connectivity index (χ0) is 18.1. The topological polar surface area (TPSA) is 101 Å². The third-order valence-corrected chi connectivity index (χ3v) is 4.52.